The molecule has 0 spiro atoms. The van der Waals surface area contributed by atoms with Gasteiger partial charge in [-0.2, -0.15) is 9.97 Å². The Morgan fingerprint density at radius 2 is 1.83 bits per heavy atom. The van der Waals surface area contributed by atoms with Gasteiger partial charge in [0.2, 0.25) is 0 Å². The van der Waals surface area contributed by atoms with Crippen molar-refractivity contribution in [3.05, 3.63) is 47.7 Å². The van der Waals surface area contributed by atoms with Crippen LogP contribution in [0.3, 0.4) is 0 Å². The highest BCUT2D eigenvalue weighted by atomic mass is 16.7. The summed E-state index contributed by atoms with van der Waals surface area (Å²) in [6.45, 7) is 4.35. The molecule has 3 atom stereocenters. The Balaban J connectivity index is 1.42. The van der Waals surface area contributed by atoms with Crippen molar-refractivity contribution in [1.29, 1.82) is 0 Å². The van der Waals surface area contributed by atoms with Crippen LogP contribution >= 0.6 is 0 Å². The average molecular weight is 558 g/mol. The number of methoxy groups -OCH3 is 3. The van der Waals surface area contributed by atoms with Crippen molar-refractivity contribution >= 4 is 27.5 Å². The number of rotatable bonds is 9. The predicted molar refractivity (Wildman–Crippen MR) is 156 cm³/mol. The van der Waals surface area contributed by atoms with Crippen LogP contribution in [0, 0.1) is 0 Å². The Labute approximate surface area is 238 Å². The summed E-state index contributed by atoms with van der Waals surface area (Å²) < 4.78 is 27.9. The summed E-state index contributed by atoms with van der Waals surface area (Å²) >= 11 is 0. The van der Waals surface area contributed by atoms with E-state index in [2.05, 4.69) is 47.5 Å². The Morgan fingerprint density at radius 3 is 2.59 bits per heavy atom. The second-order valence-electron chi connectivity index (χ2n) is 11.1. The summed E-state index contributed by atoms with van der Waals surface area (Å²) in [6, 6.07) is 11.7. The van der Waals surface area contributed by atoms with Crippen LogP contribution in [0.4, 0.5) is 5.82 Å². The van der Waals surface area contributed by atoms with Crippen LogP contribution in [0.5, 0.6) is 11.8 Å². The number of pyridine rings is 1. The van der Waals surface area contributed by atoms with E-state index in [9.17, 15) is 0 Å². The van der Waals surface area contributed by atoms with Gasteiger partial charge in [-0.05, 0) is 41.3 Å². The molecule has 2 aromatic heterocycles. The number of benzene rings is 2. The SMILES string of the molecule is COCOc1cc2c3c(cccc3c1)C(C)c1c-2ncc2c(N3CC4CCC(C3)N4)nc(OCC(OC)OC)nc12. The van der Waals surface area contributed by atoms with E-state index in [1.165, 1.54) is 23.8 Å². The first-order valence-corrected chi connectivity index (χ1v) is 14.2. The molecule has 214 valence electrons. The van der Waals surface area contributed by atoms with Gasteiger partial charge in [-0.3, -0.25) is 4.98 Å². The molecule has 4 aromatic rings. The van der Waals surface area contributed by atoms with Crippen molar-refractivity contribution in [2.75, 3.05) is 52.7 Å². The Kier molecular flexibility index (Phi) is 6.86. The summed E-state index contributed by atoms with van der Waals surface area (Å²) in [5.74, 6) is 1.66. The van der Waals surface area contributed by atoms with Crippen molar-refractivity contribution in [2.24, 2.45) is 0 Å². The Bertz CT molecular complexity index is 1600. The summed E-state index contributed by atoms with van der Waals surface area (Å²) in [7, 11) is 4.80. The number of fused-ring (bicyclic) bond motifs is 6. The second-order valence-corrected chi connectivity index (χ2v) is 11.1. The first kappa shape index (κ1) is 26.3. The molecule has 41 heavy (non-hydrogen) atoms. The van der Waals surface area contributed by atoms with Crippen molar-refractivity contribution in [3.8, 4) is 23.0 Å². The lowest BCUT2D eigenvalue weighted by molar-refractivity contribution is -0.123. The van der Waals surface area contributed by atoms with Crippen LogP contribution < -0.4 is 19.7 Å². The van der Waals surface area contributed by atoms with Crippen LogP contribution in [0.2, 0.25) is 0 Å². The summed E-state index contributed by atoms with van der Waals surface area (Å²) in [5.41, 5.74) is 5.08. The highest BCUT2D eigenvalue weighted by Gasteiger charge is 2.35. The number of nitrogens with one attached hydrogen (secondary N) is 1. The maximum Gasteiger partial charge on any atom is 0.319 e. The van der Waals surface area contributed by atoms with Gasteiger partial charge in [0.1, 0.15) is 18.2 Å². The largest absolute Gasteiger partial charge is 0.468 e. The summed E-state index contributed by atoms with van der Waals surface area (Å²) in [4.78, 5) is 17.4. The van der Waals surface area contributed by atoms with Gasteiger partial charge in [0.05, 0.1) is 16.6 Å². The second kappa shape index (κ2) is 10.7. The van der Waals surface area contributed by atoms with Crippen molar-refractivity contribution < 1.29 is 23.7 Å². The van der Waals surface area contributed by atoms with E-state index < -0.39 is 6.29 Å². The van der Waals surface area contributed by atoms with Crippen molar-refractivity contribution in [3.63, 3.8) is 0 Å². The zero-order valence-electron chi connectivity index (χ0n) is 23.8. The third-order valence-corrected chi connectivity index (χ3v) is 8.61. The number of anilines is 1. The van der Waals surface area contributed by atoms with E-state index in [-0.39, 0.29) is 19.3 Å². The molecule has 3 aliphatic rings. The monoisotopic (exact) mass is 557 g/mol. The van der Waals surface area contributed by atoms with Crippen LogP contribution in [0.15, 0.2) is 36.5 Å². The lowest BCUT2D eigenvalue weighted by Gasteiger charge is -2.35. The van der Waals surface area contributed by atoms with Crippen LogP contribution in [0.1, 0.15) is 36.8 Å². The van der Waals surface area contributed by atoms with Gasteiger partial charge in [0, 0.05) is 69.7 Å². The number of piperazine rings is 1. The maximum atomic E-state index is 6.11. The van der Waals surface area contributed by atoms with Gasteiger partial charge in [-0.15, -0.1) is 0 Å². The molecule has 3 unspecified atom stereocenters. The van der Waals surface area contributed by atoms with Crippen molar-refractivity contribution in [1.82, 2.24) is 20.3 Å². The Hall–Kier alpha value is -3.57. The van der Waals surface area contributed by atoms with E-state index in [1.807, 2.05) is 6.20 Å². The molecular formula is C31H35N5O5. The molecule has 2 fully saturated rings. The van der Waals surface area contributed by atoms with E-state index >= 15 is 0 Å². The predicted octanol–water partition coefficient (Wildman–Crippen LogP) is 4.23. The highest BCUT2D eigenvalue weighted by molar-refractivity contribution is 6.06. The third-order valence-electron chi connectivity index (χ3n) is 8.61. The normalized spacial score (nSPS) is 21.1. The molecular weight excluding hydrogens is 522 g/mol. The molecule has 2 bridgehead atoms. The topological polar surface area (TPSA) is 100 Å². The van der Waals surface area contributed by atoms with Gasteiger partial charge >= 0.3 is 6.01 Å². The summed E-state index contributed by atoms with van der Waals surface area (Å²) in [6.07, 6.45) is 3.76. The van der Waals surface area contributed by atoms with E-state index in [1.54, 1.807) is 21.3 Å². The smallest absolute Gasteiger partial charge is 0.319 e. The molecule has 7 rings (SSSR count). The fourth-order valence-electron chi connectivity index (χ4n) is 6.69. The Morgan fingerprint density at radius 1 is 1.02 bits per heavy atom. The lowest BCUT2D eigenvalue weighted by Crippen LogP contribution is -2.51. The van der Waals surface area contributed by atoms with E-state index in [4.69, 9.17) is 38.6 Å². The molecule has 1 aliphatic carbocycles. The van der Waals surface area contributed by atoms with Gasteiger partial charge in [-0.1, -0.05) is 25.1 Å². The lowest BCUT2D eigenvalue weighted by atomic mass is 9.79. The molecule has 2 saturated heterocycles. The zero-order valence-corrected chi connectivity index (χ0v) is 23.8. The minimum absolute atomic E-state index is 0.0589. The number of aromatic nitrogens is 3. The minimum Gasteiger partial charge on any atom is -0.468 e. The molecule has 0 radical (unpaired) electrons. The molecule has 0 amide bonds. The average Bonchev–Trinajstić information content (AvgIpc) is 3.34. The molecule has 10 heteroatoms. The first-order chi connectivity index (χ1) is 20.1. The number of hydrogen-bond donors (Lipinski definition) is 1. The fraction of sp³-hybridized carbons (Fsp3) is 0.452. The fourth-order valence-corrected chi connectivity index (χ4v) is 6.69. The number of nitrogens with zero attached hydrogens (tertiary/aromatic N) is 4. The molecule has 10 nitrogen and oxygen atoms in total. The zero-order chi connectivity index (χ0) is 28.1. The number of hydrogen-bond acceptors (Lipinski definition) is 10. The van der Waals surface area contributed by atoms with E-state index in [0.717, 1.165) is 57.8 Å². The van der Waals surface area contributed by atoms with Crippen LogP contribution in [0.25, 0.3) is 32.9 Å². The summed E-state index contributed by atoms with van der Waals surface area (Å²) in [5, 5.41) is 6.96. The highest BCUT2D eigenvalue weighted by Crippen LogP contribution is 2.48. The molecule has 4 heterocycles. The molecule has 2 aliphatic heterocycles. The van der Waals surface area contributed by atoms with Crippen molar-refractivity contribution in [2.45, 2.75) is 44.1 Å². The van der Waals surface area contributed by atoms with Gasteiger partial charge in [0.15, 0.2) is 13.1 Å². The first-order valence-electron chi connectivity index (χ1n) is 14.2. The minimum atomic E-state index is -0.520. The third kappa shape index (κ3) is 4.55. The molecule has 2 aromatic carbocycles. The quantitative estimate of drug-likeness (QED) is 0.301. The van der Waals surface area contributed by atoms with Gasteiger partial charge in [-0.25, -0.2) is 0 Å². The molecule has 0 saturated carbocycles. The van der Waals surface area contributed by atoms with Crippen LogP contribution in [-0.4, -0.2) is 81.1 Å². The van der Waals surface area contributed by atoms with Gasteiger partial charge < -0.3 is 33.9 Å². The maximum absolute atomic E-state index is 6.11. The van der Waals surface area contributed by atoms with Crippen LogP contribution in [-0.2, 0) is 14.2 Å². The van der Waals surface area contributed by atoms with E-state index in [0.29, 0.717) is 18.1 Å². The number of ether oxygens (including phenoxy) is 5. The van der Waals surface area contributed by atoms with Gasteiger partial charge in [0.25, 0.3) is 0 Å². The standard InChI is InChI=1S/C31H35N5O5/c1-17-22-7-5-6-18-10-21(41-16-37-2)11-23(27(18)22)28-26(17)29-24(12-32-28)30(36-13-19-8-9-20(14-36)33-19)35-31(34-29)40-15-25(38-3)39-4/h5-7,10-12,17,19-20,25,33H,8-9,13-16H2,1-4H3. The molecule has 1 N–H and O–H groups in total.